The fraction of sp³-hybridized carbons (Fsp3) is 0.350. The SMILES string of the molecule is CC(C)(C)c1ccccc1C(=O)c1ccccc1OCC1CO1. The number of para-hydroxylation sites is 1. The molecule has 0 amide bonds. The van der Waals surface area contributed by atoms with Crippen LogP contribution in [0, 0.1) is 0 Å². The van der Waals surface area contributed by atoms with Crippen molar-refractivity contribution >= 4 is 5.78 Å². The van der Waals surface area contributed by atoms with Gasteiger partial charge in [-0.1, -0.05) is 57.2 Å². The Balaban J connectivity index is 1.94. The van der Waals surface area contributed by atoms with E-state index >= 15 is 0 Å². The first-order chi connectivity index (χ1) is 11.0. The zero-order chi connectivity index (χ0) is 16.4. The molecule has 3 heteroatoms. The lowest BCUT2D eigenvalue weighted by Crippen LogP contribution is -2.18. The second-order valence-electron chi connectivity index (χ2n) is 6.89. The molecule has 120 valence electrons. The number of carbonyl (C=O) groups is 1. The monoisotopic (exact) mass is 310 g/mol. The molecule has 2 aromatic rings. The van der Waals surface area contributed by atoms with E-state index in [-0.39, 0.29) is 17.3 Å². The highest BCUT2D eigenvalue weighted by molar-refractivity contribution is 6.11. The molecule has 0 spiro atoms. The largest absolute Gasteiger partial charge is 0.490 e. The minimum atomic E-state index is -0.0933. The number of hydrogen-bond donors (Lipinski definition) is 0. The van der Waals surface area contributed by atoms with E-state index < -0.39 is 0 Å². The first-order valence-electron chi connectivity index (χ1n) is 7.94. The number of ether oxygens (including phenoxy) is 2. The van der Waals surface area contributed by atoms with Gasteiger partial charge in [0.2, 0.25) is 0 Å². The van der Waals surface area contributed by atoms with E-state index in [4.69, 9.17) is 9.47 Å². The summed E-state index contributed by atoms with van der Waals surface area (Å²) < 4.78 is 11.0. The fourth-order valence-electron chi connectivity index (χ4n) is 2.61. The highest BCUT2D eigenvalue weighted by Gasteiger charge is 2.26. The van der Waals surface area contributed by atoms with Crippen LogP contribution in [-0.2, 0) is 10.2 Å². The van der Waals surface area contributed by atoms with Crippen molar-refractivity contribution in [3.05, 3.63) is 65.2 Å². The van der Waals surface area contributed by atoms with Crippen LogP contribution in [0.15, 0.2) is 48.5 Å². The van der Waals surface area contributed by atoms with Crippen LogP contribution in [0.25, 0.3) is 0 Å². The fourth-order valence-corrected chi connectivity index (χ4v) is 2.61. The van der Waals surface area contributed by atoms with Gasteiger partial charge >= 0.3 is 0 Å². The van der Waals surface area contributed by atoms with E-state index in [1.807, 2.05) is 48.5 Å². The minimum absolute atomic E-state index is 0.00263. The number of carbonyl (C=O) groups excluding carboxylic acids is 1. The summed E-state index contributed by atoms with van der Waals surface area (Å²) in [5.41, 5.74) is 2.29. The smallest absolute Gasteiger partial charge is 0.197 e. The zero-order valence-electron chi connectivity index (χ0n) is 13.8. The molecule has 0 bridgehead atoms. The van der Waals surface area contributed by atoms with Crippen LogP contribution in [0.2, 0.25) is 0 Å². The van der Waals surface area contributed by atoms with Crippen LogP contribution in [-0.4, -0.2) is 25.1 Å². The van der Waals surface area contributed by atoms with Gasteiger partial charge in [0.15, 0.2) is 5.78 Å². The number of rotatable bonds is 5. The molecule has 0 N–H and O–H groups in total. The number of benzene rings is 2. The molecule has 1 heterocycles. The van der Waals surface area contributed by atoms with Crippen molar-refractivity contribution in [1.29, 1.82) is 0 Å². The van der Waals surface area contributed by atoms with Crippen LogP contribution in [0.3, 0.4) is 0 Å². The molecule has 3 nitrogen and oxygen atoms in total. The summed E-state index contributed by atoms with van der Waals surface area (Å²) in [7, 11) is 0. The van der Waals surface area contributed by atoms with E-state index in [0.29, 0.717) is 17.9 Å². The molecular formula is C20H22O3. The molecule has 2 aromatic carbocycles. The molecule has 1 unspecified atom stereocenters. The Labute approximate surface area is 137 Å². The normalized spacial score (nSPS) is 16.9. The molecule has 23 heavy (non-hydrogen) atoms. The van der Waals surface area contributed by atoms with E-state index in [0.717, 1.165) is 17.7 Å². The molecule has 1 aliphatic rings. The maximum Gasteiger partial charge on any atom is 0.197 e. The van der Waals surface area contributed by atoms with Crippen molar-refractivity contribution in [2.45, 2.75) is 32.3 Å². The Morgan fingerprint density at radius 2 is 1.70 bits per heavy atom. The van der Waals surface area contributed by atoms with Crippen molar-refractivity contribution in [2.75, 3.05) is 13.2 Å². The Hall–Kier alpha value is -2.13. The Kier molecular flexibility index (Phi) is 4.22. The summed E-state index contributed by atoms with van der Waals surface area (Å²) in [5.74, 6) is 0.625. The van der Waals surface area contributed by atoms with Crippen molar-refractivity contribution < 1.29 is 14.3 Å². The second kappa shape index (κ2) is 6.17. The first-order valence-corrected chi connectivity index (χ1v) is 7.94. The van der Waals surface area contributed by atoms with Crippen LogP contribution in [0.4, 0.5) is 0 Å². The molecular weight excluding hydrogens is 288 g/mol. The van der Waals surface area contributed by atoms with Crippen LogP contribution in [0.1, 0.15) is 42.3 Å². The number of hydrogen-bond acceptors (Lipinski definition) is 3. The highest BCUT2D eigenvalue weighted by atomic mass is 16.6. The quantitative estimate of drug-likeness (QED) is 0.619. The first kappa shape index (κ1) is 15.8. The van der Waals surface area contributed by atoms with Gasteiger partial charge in [-0.3, -0.25) is 4.79 Å². The zero-order valence-corrected chi connectivity index (χ0v) is 13.8. The Morgan fingerprint density at radius 1 is 1.09 bits per heavy atom. The van der Waals surface area contributed by atoms with Gasteiger partial charge in [-0.05, 0) is 23.1 Å². The van der Waals surface area contributed by atoms with Crippen LogP contribution < -0.4 is 4.74 Å². The van der Waals surface area contributed by atoms with Crippen molar-refractivity contribution in [3.8, 4) is 5.75 Å². The molecule has 1 aliphatic heterocycles. The van der Waals surface area contributed by atoms with Crippen LogP contribution >= 0.6 is 0 Å². The third-order valence-corrected chi connectivity index (χ3v) is 3.94. The summed E-state index contributed by atoms with van der Waals surface area (Å²) in [6.45, 7) is 7.58. The third-order valence-electron chi connectivity index (χ3n) is 3.94. The van der Waals surface area contributed by atoms with Crippen molar-refractivity contribution in [1.82, 2.24) is 0 Å². The molecule has 1 fully saturated rings. The lowest BCUT2D eigenvalue weighted by Gasteiger charge is -2.22. The predicted molar refractivity (Wildman–Crippen MR) is 90.3 cm³/mol. The topological polar surface area (TPSA) is 38.8 Å². The van der Waals surface area contributed by atoms with E-state index in [2.05, 4.69) is 20.8 Å². The number of ketones is 1. The molecule has 0 aliphatic carbocycles. The molecule has 0 radical (unpaired) electrons. The summed E-state index contributed by atoms with van der Waals surface area (Å²) in [4.78, 5) is 13.1. The minimum Gasteiger partial charge on any atom is -0.490 e. The Morgan fingerprint density at radius 3 is 2.35 bits per heavy atom. The third kappa shape index (κ3) is 3.62. The van der Waals surface area contributed by atoms with E-state index in [1.165, 1.54) is 0 Å². The predicted octanol–water partition coefficient (Wildman–Crippen LogP) is 3.99. The lowest BCUT2D eigenvalue weighted by molar-refractivity contribution is 0.103. The molecule has 1 atom stereocenters. The van der Waals surface area contributed by atoms with E-state index in [1.54, 1.807) is 0 Å². The van der Waals surface area contributed by atoms with Gasteiger partial charge in [0.1, 0.15) is 18.5 Å². The van der Waals surface area contributed by atoms with Gasteiger partial charge in [-0.25, -0.2) is 0 Å². The summed E-state index contributed by atoms with van der Waals surface area (Å²) in [6, 6.07) is 15.2. The van der Waals surface area contributed by atoms with Crippen molar-refractivity contribution in [3.63, 3.8) is 0 Å². The summed E-state index contributed by atoms with van der Waals surface area (Å²) >= 11 is 0. The molecule has 0 aromatic heterocycles. The summed E-state index contributed by atoms with van der Waals surface area (Å²) in [6.07, 6.45) is 0.167. The van der Waals surface area contributed by atoms with Gasteiger partial charge < -0.3 is 9.47 Å². The second-order valence-corrected chi connectivity index (χ2v) is 6.89. The van der Waals surface area contributed by atoms with Gasteiger partial charge in [0.25, 0.3) is 0 Å². The molecule has 0 saturated carbocycles. The van der Waals surface area contributed by atoms with Gasteiger partial charge in [-0.2, -0.15) is 0 Å². The molecule has 1 saturated heterocycles. The van der Waals surface area contributed by atoms with Crippen LogP contribution in [0.5, 0.6) is 5.75 Å². The average Bonchev–Trinajstić information content (AvgIpc) is 3.36. The van der Waals surface area contributed by atoms with Gasteiger partial charge in [0.05, 0.1) is 12.2 Å². The lowest BCUT2D eigenvalue weighted by atomic mass is 9.82. The molecule has 3 rings (SSSR count). The van der Waals surface area contributed by atoms with E-state index in [9.17, 15) is 4.79 Å². The maximum atomic E-state index is 13.1. The van der Waals surface area contributed by atoms with Gasteiger partial charge in [0, 0.05) is 5.56 Å². The maximum absolute atomic E-state index is 13.1. The average molecular weight is 310 g/mol. The summed E-state index contributed by atoms with van der Waals surface area (Å²) in [5, 5.41) is 0. The number of epoxide rings is 1. The Bertz CT molecular complexity index is 709. The van der Waals surface area contributed by atoms with Crippen molar-refractivity contribution in [2.24, 2.45) is 0 Å². The highest BCUT2D eigenvalue weighted by Crippen LogP contribution is 2.30. The standard InChI is InChI=1S/C20H22O3/c1-20(2,3)17-10-6-4-8-15(17)19(21)16-9-5-7-11-18(16)23-13-14-12-22-14/h4-11,14H,12-13H2,1-3H3. The van der Waals surface area contributed by atoms with Gasteiger partial charge in [-0.15, -0.1) is 0 Å².